The summed E-state index contributed by atoms with van der Waals surface area (Å²) in [5, 5.41) is 10.4. The Morgan fingerprint density at radius 3 is 2.59 bits per heavy atom. The van der Waals surface area contributed by atoms with Crippen LogP contribution in [0.25, 0.3) is 0 Å². The molecule has 0 aliphatic heterocycles. The highest BCUT2D eigenvalue weighted by atomic mass is 16.6. The Morgan fingerprint density at radius 1 is 1.41 bits per heavy atom. The van der Waals surface area contributed by atoms with Crippen molar-refractivity contribution in [1.29, 1.82) is 0 Å². The molecule has 5 heteroatoms. The third-order valence-corrected chi connectivity index (χ3v) is 2.36. The van der Waals surface area contributed by atoms with Crippen molar-refractivity contribution in [3.8, 4) is 0 Å². The van der Waals surface area contributed by atoms with E-state index in [-0.39, 0.29) is 5.92 Å². The van der Waals surface area contributed by atoms with Gasteiger partial charge in [0.25, 0.3) is 0 Å². The van der Waals surface area contributed by atoms with Crippen molar-refractivity contribution in [1.82, 2.24) is 15.4 Å². The van der Waals surface area contributed by atoms with Gasteiger partial charge in [0.05, 0.1) is 0 Å². The molecule has 1 unspecified atom stereocenters. The second-order valence-electron chi connectivity index (χ2n) is 5.25. The van der Waals surface area contributed by atoms with Gasteiger partial charge < -0.3 is 4.74 Å². The minimum atomic E-state index is -0.513. The van der Waals surface area contributed by atoms with Gasteiger partial charge in [0, 0.05) is 5.92 Å². The van der Waals surface area contributed by atoms with Gasteiger partial charge in [-0.05, 0) is 27.2 Å². The Balaban J connectivity index is 2.85. The van der Waals surface area contributed by atoms with Crippen LogP contribution in [0.1, 0.15) is 69.6 Å². The van der Waals surface area contributed by atoms with Crippen LogP contribution in [0.2, 0.25) is 0 Å². The Hall–Kier alpha value is -1.39. The number of nitrogens with zero attached hydrogens (tertiary/aromatic N) is 2. The molecule has 96 valence electrons. The lowest BCUT2D eigenvalue weighted by molar-refractivity contribution is 0.00610. The van der Waals surface area contributed by atoms with E-state index in [4.69, 9.17) is 4.74 Å². The number of rotatable bonds is 4. The fraction of sp³-hybridized carbons (Fsp3) is 0.750. The number of carbonyl (C=O) groups is 1. The van der Waals surface area contributed by atoms with Crippen LogP contribution in [0.15, 0.2) is 0 Å². The van der Waals surface area contributed by atoms with E-state index >= 15 is 0 Å². The Labute approximate surface area is 102 Å². The Bertz CT molecular complexity index is 379. The van der Waals surface area contributed by atoms with Gasteiger partial charge in [-0.25, -0.2) is 4.79 Å². The van der Waals surface area contributed by atoms with Crippen molar-refractivity contribution in [2.24, 2.45) is 0 Å². The van der Waals surface area contributed by atoms with Crippen molar-refractivity contribution < 1.29 is 9.53 Å². The lowest BCUT2D eigenvalue weighted by Gasteiger charge is -2.19. The summed E-state index contributed by atoms with van der Waals surface area (Å²) >= 11 is 0. The number of hydrogen-bond acceptors (Lipinski definition) is 4. The molecular weight excluding hydrogens is 218 g/mol. The van der Waals surface area contributed by atoms with E-state index in [2.05, 4.69) is 22.3 Å². The minimum Gasteiger partial charge on any atom is -0.455 e. The molecule has 1 rings (SSSR count). The molecule has 5 nitrogen and oxygen atoms in total. The SMILES string of the molecule is CCCC(C)c1n[nH]nc1C(=O)OC(C)(C)C. The molecular formula is C12H21N3O2. The van der Waals surface area contributed by atoms with Crippen molar-refractivity contribution in [2.45, 2.75) is 59.0 Å². The molecule has 0 aliphatic rings. The first-order valence-electron chi connectivity index (χ1n) is 5.99. The van der Waals surface area contributed by atoms with Gasteiger partial charge in [-0.15, -0.1) is 5.10 Å². The van der Waals surface area contributed by atoms with E-state index in [0.29, 0.717) is 11.4 Å². The van der Waals surface area contributed by atoms with Gasteiger partial charge in [0.2, 0.25) is 0 Å². The number of esters is 1. The first kappa shape index (κ1) is 13.7. The number of ether oxygens (including phenoxy) is 1. The van der Waals surface area contributed by atoms with Gasteiger partial charge >= 0.3 is 5.97 Å². The van der Waals surface area contributed by atoms with E-state index in [1.807, 2.05) is 27.7 Å². The van der Waals surface area contributed by atoms with Crippen molar-refractivity contribution in [3.63, 3.8) is 0 Å². The predicted molar refractivity (Wildman–Crippen MR) is 64.9 cm³/mol. The maximum absolute atomic E-state index is 11.9. The third kappa shape index (κ3) is 3.84. The molecule has 0 bridgehead atoms. The van der Waals surface area contributed by atoms with E-state index in [1.165, 1.54) is 0 Å². The average molecular weight is 239 g/mol. The highest BCUT2D eigenvalue weighted by Crippen LogP contribution is 2.22. The lowest BCUT2D eigenvalue weighted by Crippen LogP contribution is -2.25. The molecule has 1 N–H and O–H groups in total. The molecule has 0 saturated heterocycles. The standard InChI is InChI=1S/C12H21N3O2/c1-6-7-8(2)9-10(14-15-13-9)11(16)17-12(3,4)5/h8H,6-7H2,1-5H3,(H,13,14,15). The van der Waals surface area contributed by atoms with E-state index in [0.717, 1.165) is 12.8 Å². The van der Waals surface area contributed by atoms with Gasteiger partial charge in [0.15, 0.2) is 5.69 Å². The summed E-state index contributed by atoms with van der Waals surface area (Å²) in [6.45, 7) is 9.64. The molecule has 17 heavy (non-hydrogen) atoms. The fourth-order valence-corrected chi connectivity index (χ4v) is 1.63. The second kappa shape index (κ2) is 5.29. The third-order valence-electron chi connectivity index (χ3n) is 2.36. The molecule has 1 aromatic heterocycles. The fourth-order valence-electron chi connectivity index (χ4n) is 1.63. The molecule has 0 saturated carbocycles. The zero-order valence-electron chi connectivity index (χ0n) is 11.2. The number of nitrogens with one attached hydrogen (secondary N) is 1. The average Bonchev–Trinajstić information content (AvgIpc) is 2.63. The smallest absolute Gasteiger partial charge is 0.361 e. The van der Waals surface area contributed by atoms with Crippen LogP contribution in [0.4, 0.5) is 0 Å². The van der Waals surface area contributed by atoms with Crippen LogP contribution in [0.3, 0.4) is 0 Å². The zero-order chi connectivity index (χ0) is 13.1. The molecule has 1 heterocycles. The summed E-state index contributed by atoms with van der Waals surface area (Å²) in [4.78, 5) is 11.9. The first-order valence-corrected chi connectivity index (χ1v) is 5.99. The number of carbonyl (C=O) groups excluding carboxylic acids is 1. The number of aromatic amines is 1. The van der Waals surface area contributed by atoms with Gasteiger partial charge in [0.1, 0.15) is 11.3 Å². The van der Waals surface area contributed by atoms with Crippen LogP contribution < -0.4 is 0 Å². The summed E-state index contributed by atoms with van der Waals surface area (Å²) in [6.07, 6.45) is 2.02. The Kier molecular flexibility index (Phi) is 4.26. The summed E-state index contributed by atoms with van der Waals surface area (Å²) in [5.74, 6) is -0.203. The minimum absolute atomic E-state index is 0.210. The molecule has 0 aromatic carbocycles. The summed E-state index contributed by atoms with van der Waals surface area (Å²) < 4.78 is 5.29. The summed E-state index contributed by atoms with van der Waals surface area (Å²) in [7, 11) is 0. The quantitative estimate of drug-likeness (QED) is 0.820. The summed E-state index contributed by atoms with van der Waals surface area (Å²) in [6, 6.07) is 0. The highest BCUT2D eigenvalue weighted by Gasteiger charge is 2.25. The topological polar surface area (TPSA) is 67.9 Å². The van der Waals surface area contributed by atoms with E-state index in [1.54, 1.807) is 0 Å². The summed E-state index contributed by atoms with van der Waals surface area (Å²) in [5.41, 5.74) is 0.489. The van der Waals surface area contributed by atoms with Crippen LogP contribution in [-0.2, 0) is 4.74 Å². The van der Waals surface area contributed by atoms with Crippen molar-refractivity contribution >= 4 is 5.97 Å². The van der Waals surface area contributed by atoms with Crippen LogP contribution >= 0.6 is 0 Å². The largest absolute Gasteiger partial charge is 0.455 e. The van der Waals surface area contributed by atoms with Crippen molar-refractivity contribution in [2.75, 3.05) is 0 Å². The monoisotopic (exact) mass is 239 g/mol. The first-order chi connectivity index (χ1) is 7.85. The van der Waals surface area contributed by atoms with E-state index < -0.39 is 11.6 Å². The second-order valence-corrected chi connectivity index (χ2v) is 5.25. The van der Waals surface area contributed by atoms with Gasteiger partial charge in [-0.3, -0.25) is 0 Å². The maximum Gasteiger partial charge on any atom is 0.361 e. The number of H-pyrrole nitrogens is 1. The highest BCUT2D eigenvalue weighted by molar-refractivity contribution is 5.88. The van der Waals surface area contributed by atoms with Gasteiger partial charge in [-0.2, -0.15) is 10.3 Å². The maximum atomic E-state index is 11.9. The van der Waals surface area contributed by atoms with Gasteiger partial charge in [-0.1, -0.05) is 20.3 Å². The van der Waals surface area contributed by atoms with Crippen LogP contribution in [0, 0.1) is 0 Å². The molecule has 0 spiro atoms. The molecule has 0 aliphatic carbocycles. The van der Waals surface area contributed by atoms with Crippen LogP contribution in [-0.4, -0.2) is 27.0 Å². The molecule has 1 atom stereocenters. The normalized spacial score (nSPS) is 13.5. The van der Waals surface area contributed by atoms with Crippen LogP contribution in [0.5, 0.6) is 0 Å². The number of hydrogen-bond donors (Lipinski definition) is 1. The molecule has 0 fully saturated rings. The molecule has 1 aromatic rings. The molecule has 0 radical (unpaired) electrons. The van der Waals surface area contributed by atoms with Crippen molar-refractivity contribution in [3.05, 3.63) is 11.4 Å². The molecule has 0 amide bonds. The predicted octanol–water partition coefficient (Wildman–Crippen LogP) is 2.66. The Morgan fingerprint density at radius 2 is 2.06 bits per heavy atom. The number of aromatic nitrogens is 3. The zero-order valence-corrected chi connectivity index (χ0v) is 11.2. The lowest BCUT2D eigenvalue weighted by atomic mass is 10.0. The van der Waals surface area contributed by atoms with E-state index in [9.17, 15) is 4.79 Å².